The molecule has 0 aliphatic heterocycles. The highest BCUT2D eigenvalue weighted by atomic mass is 16.3. The second-order valence-corrected chi connectivity index (χ2v) is 4.24. The first-order valence-corrected chi connectivity index (χ1v) is 5.16. The van der Waals surface area contributed by atoms with Crippen LogP contribution in [-0.4, -0.2) is 10.1 Å². The third-order valence-corrected chi connectivity index (χ3v) is 2.41. The van der Waals surface area contributed by atoms with Gasteiger partial charge in [-0.05, 0) is 29.0 Å². The van der Waals surface area contributed by atoms with E-state index < -0.39 is 0 Å². The summed E-state index contributed by atoms with van der Waals surface area (Å²) in [5.41, 5.74) is 3.34. The quantitative estimate of drug-likeness (QED) is 0.800. The first-order valence-electron chi connectivity index (χ1n) is 5.16. The van der Waals surface area contributed by atoms with Crippen molar-refractivity contribution in [1.29, 1.82) is 0 Å². The molecule has 78 valence electrons. The van der Waals surface area contributed by atoms with E-state index >= 15 is 0 Å². The SMILES string of the molecule is CC(C)c1nccc(CO)c1C(C)C. The molecular weight excluding hydrogens is 174 g/mol. The zero-order valence-electron chi connectivity index (χ0n) is 9.41. The third kappa shape index (κ3) is 2.13. The minimum Gasteiger partial charge on any atom is -0.392 e. The van der Waals surface area contributed by atoms with Crippen LogP contribution >= 0.6 is 0 Å². The standard InChI is InChI=1S/C12H19NO/c1-8(2)11-10(7-14)5-6-13-12(11)9(3)4/h5-6,8-9,14H,7H2,1-4H3. The van der Waals surface area contributed by atoms with Gasteiger partial charge in [-0.15, -0.1) is 0 Å². The molecule has 2 nitrogen and oxygen atoms in total. The molecule has 0 fully saturated rings. The lowest BCUT2D eigenvalue weighted by atomic mass is 9.91. The van der Waals surface area contributed by atoms with E-state index in [1.807, 2.05) is 6.07 Å². The van der Waals surface area contributed by atoms with Crippen molar-refractivity contribution in [3.05, 3.63) is 29.1 Å². The molecule has 0 atom stereocenters. The summed E-state index contributed by atoms with van der Waals surface area (Å²) in [4.78, 5) is 4.40. The molecule has 0 saturated carbocycles. The number of hydrogen-bond acceptors (Lipinski definition) is 2. The largest absolute Gasteiger partial charge is 0.392 e. The molecule has 2 heteroatoms. The Morgan fingerprint density at radius 1 is 1.21 bits per heavy atom. The van der Waals surface area contributed by atoms with Gasteiger partial charge in [-0.25, -0.2) is 0 Å². The van der Waals surface area contributed by atoms with Crippen molar-refractivity contribution in [1.82, 2.24) is 4.98 Å². The molecule has 1 N–H and O–H groups in total. The van der Waals surface area contributed by atoms with Crippen molar-refractivity contribution in [2.45, 2.75) is 46.1 Å². The van der Waals surface area contributed by atoms with E-state index in [4.69, 9.17) is 0 Å². The van der Waals surface area contributed by atoms with E-state index in [2.05, 4.69) is 32.7 Å². The Hall–Kier alpha value is -0.890. The fraction of sp³-hybridized carbons (Fsp3) is 0.583. The zero-order chi connectivity index (χ0) is 10.7. The fourth-order valence-electron chi connectivity index (χ4n) is 1.80. The molecular formula is C12H19NO. The van der Waals surface area contributed by atoms with E-state index in [-0.39, 0.29) is 6.61 Å². The van der Waals surface area contributed by atoms with Gasteiger partial charge in [0.15, 0.2) is 0 Å². The van der Waals surface area contributed by atoms with Crippen LogP contribution in [0.5, 0.6) is 0 Å². The van der Waals surface area contributed by atoms with Crippen molar-refractivity contribution in [3.8, 4) is 0 Å². The molecule has 0 aromatic carbocycles. The lowest BCUT2D eigenvalue weighted by Gasteiger charge is -2.17. The van der Waals surface area contributed by atoms with Gasteiger partial charge < -0.3 is 5.11 Å². The first kappa shape index (κ1) is 11.2. The Balaban J connectivity index is 3.28. The molecule has 1 rings (SSSR count). The van der Waals surface area contributed by atoms with Crippen molar-refractivity contribution >= 4 is 0 Å². The van der Waals surface area contributed by atoms with Crippen LogP contribution in [0, 0.1) is 0 Å². The molecule has 0 radical (unpaired) electrons. The van der Waals surface area contributed by atoms with E-state index in [0.29, 0.717) is 11.8 Å². The Kier molecular flexibility index (Phi) is 3.64. The highest BCUT2D eigenvalue weighted by Gasteiger charge is 2.14. The second-order valence-electron chi connectivity index (χ2n) is 4.24. The molecule has 1 aromatic rings. The molecule has 1 aromatic heterocycles. The van der Waals surface area contributed by atoms with Crippen LogP contribution in [0.2, 0.25) is 0 Å². The van der Waals surface area contributed by atoms with E-state index in [9.17, 15) is 5.11 Å². The fourth-order valence-corrected chi connectivity index (χ4v) is 1.80. The third-order valence-electron chi connectivity index (χ3n) is 2.41. The predicted octanol–water partition coefficient (Wildman–Crippen LogP) is 2.82. The van der Waals surface area contributed by atoms with Gasteiger partial charge in [0, 0.05) is 11.9 Å². The molecule has 0 spiro atoms. The maximum atomic E-state index is 9.25. The minimum absolute atomic E-state index is 0.107. The highest BCUT2D eigenvalue weighted by molar-refractivity contribution is 5.34. The monoisotopic (exact) mass is 193 g/mol. The summed E-state index contributed by atoms with van der Waals surface area (Å²) in [5.74, 6) is 0.835. The van der Waals surface area contributed by atoms with Crippen LogP contribution in [0.3, 0.4) is 0 Å². The number of pyridine rings is 1. The smallest absolute Gasteiger partial charge is 0.0685 e. The van der Waals surface area contributed by atoms with Gasteiger partial charge in [-0.2, -0.15) is 0 Å². The van der Waals surface area contributed by atoms with Crippen LogP contribution < -0.4 is 0 Å². The van der Waals surface area contributed by atoms with Crippen molar-refractivity contribution in [3.63, 3.8) is 0 Å². The molecule has 0 aliphatic carbocycles. The highest BCUT2D eigenvalue weighted by Crippen LogP contribution is 2.27. The van der Waals surface area contributed by atoms with Crippen molar-refractivity contribution < 1.29 is 5.11 Å². The maximum absolute atomic E-state index is 9.25. The Labute approximate surface area is 86.0 Å². The normalized spacial score (nSPS) is 11.4. The Morgan fingerprint density at radius 2 is 1.86 bits per heavy atom. The number of aromatic nitrogens is 1. The Morgan fingerprint density at radius 3 is 2.29 bits per heavy atom. The van der Waals surface area contributed by atoms with Crippen LogP contribution in [0.1, 0.15) is 56.4 Å². The van der Waals surface area contributed by atoms with Gasteiger partial charge in [-0.3, -0.25) is 4.98 Å². The minimum atomic E-state index is 0.107. The van der Waals surface area contributed by atoms with Crippen LogP contribution in [0.4, 0.5) is 0 Å². The number of aliphatic hydroxyl groups excluding tert-OH is 1. The summed E-state index contributed by atoms with van der Waals surface area (Å²) in [6, 6.07) is 1.90. The summed E-state index contributed by atoms with van der Waals surface area (Å²) in [5, 5.41) is 9.25. The van der Waals surface area contributed by atoms with Gasteiger partial charge in [0.2, 0.25) is 0 Å². The summed E-state index contributed by atoms with van der Waals surface area (Å²) in [6.45, 7) is 8.66. The molecule has 0 saturated heterocycles. The van der Waals surface area contributed by atoms with Crippen molar-refractivity contribution in [2.24, 2.45) is 0 Å². The summed E-state index contributed by atoms with van der Waals surface area (Å²) in [7, 11) is 0. The number of rotatable bonds is 3. The number of nitrogens with zero attached hydrogens (tertiary/aromatic N) is 1. The average molecular weight is 193 g/mol. The van der Waals surface area contributed by atoms with Gasteiger partial charge in [0.05, 0.1) is 6.61 Å². The van der Waals surface area contributed by atoms with Gasteiger partial charge in [0.1, 0.15) is 0 Å². The van der Waals surface area contributed by atoms with Gasteiger partial charge >= 0.3 is 0 Å². The van der Waals surface area contributed by atoms with Crippen LogP contribution in [0.25, 0.3) is 0 Å². The molecule has 1 heterocycles. The van der Waals surface area contributed by atoms with Crippen LogP contribution in [0.15, 0.2) is 12.3 Å². The number of hydrogen-bond donors (Lipinski definition) is 1. The average Bonchev–Trinajstić information content (AvgIpc) is 2.16. The van der Waals surface area contributed by atoms with Crippen molar-refractivity contribution in [2.75, 3.05) is 0 Å². The first-order chi connectivity index (χ1) is 6.57. The summed E-state index contributed by atoms with van der Waals surface area (Å²) < 4.78 is 0. The molecule has 0 bridgehead atoms. The topological polar surface area (TPSA) is 33.1 Å². The van der Waals surface area contributed by atoms with Gasteiger partial charge in [0.25, 0.3) is 0 Å². The second kappa shape index (κ2) is 4.56. The Bertz CT molecular complexity index is 305. The van der Waals surface area contributed by atoms with E-state index in [1.54, 1.807) is 6.20 Å². The zero-order valence-corrected chi connectivity index (χ0v) is 9.41. The van der Waals surface area contributed by atoms with E-state index in [0.717, 1.165) is 11.3 Å². The molecule has 0 unspecified atom stereocenters. The summed E-state index contributed by atoms with van der Waals surface area (Å²) in [6.07, 6.45) is 1.78. The molecule has 14 heavy (non-hydrogen) atoms. The van der Waals surface area contributed by atoms with Gasteiger partial charge in [-0.1, -0.05) is 27.7 Å². The van der Waals surface area contributed by atoms with Crippen LogP contribution in [-0.2, 0) is 6.61 Å². The number of aliphatic hydroxyl groups is 1. The lowest BCUT2D eigenvalue weighted by molar-refractivity contribution is 0.279. The summed E-state index contributed by atoms with van der Waals surface area (Å²) >= 11 is 0. The lowest BCUT2D eigenvalue weighted by Crippen LogP contribution is -2.06. The maximum Gasteiger partial charge on any atom is 0.0685 e. The van der Waals surface area contributed by atoms with E-state index in [1.165, 1.54) is 5.56 Å². The molecule has 0 aliphatic rings. The molecule has 0 amide bonds. The predicted molar refractivity (Wildman–Crippen MR) is 58.3 cm³/mol.